The van der Waals surface area contributed by atoms with Crippen LogP contribution in [0.15, 0.2) is 24.3 Å². The van der Waals surface area contributed by atoms with E-state index in [1.54, 1.807) is 28.0 Å². The van der Waals surface area contributed by atoms with Gasteiger partial charge in [0.25, 0.3) is 0 Å². The molecule has 0 aromatic heterocycles. The zero-order valence-electron chi connectivity index (χ0n) is 13.2. The maximum absolute atomic E-state index is 13.9. The maximum Gasteiger partial charge on any atom is 0.242 e. The molecule has 2 heterocycles. The molecule has 8 heteroatoms. The average Bonchev–Trinajstić information content (AvgIpc) is 2.57. The molecule has 6 nitrogen and oxygen atoms in total. The van der Waals surface area contributed by atoms with Gasteiger partial charge in [-0.15, -0.1) is 12.4 Å². The molecule has 0 saturated carbocycles. The first-order valence-corrected chi connectivity index (χ1v) is 7.77. The number of nitrogens with zero attached hydrogens (tertiary/aromatic N) is 2. The average molecular weight is 358 g/mol. The number of halogens is 2. The highest BCUT2D eigenvalue weighted by Crippen LogP contribution is 2.24. The minimum Gasteiger partial charge on any atom is -0.370 e. The summed E-state index contributed by atoms with van der Waals surface area (Å²) >= 11 is 0. The van der Waals surface area contributed by atoms with Gasteiger partial charge in [0.1, 0.15) is 11.9 Å². The fourth-order valence-electron chi connectivity index (χ4n) is 2.88. The van der Waals surface area contributed by atoms with Gasteiger partial charge in [0.2, 0.25) is 11.8 Å². The Bertz CT molecular complexity index is 602. The topological polar surface area (TPSA) is 61.9 Å². The number of ether oxygens (including phenoxy) is 1. The monoisotopic (exact) mass is 357 g/mol. The summed E-state index contributed by atoms with van der Waals surface area (Å²) in [4.78, 5) is 27.4. The molecule has 1 atom stereocenters. The predicted molar refractivity (Wildman–Crippen MR) is 88.4 cm³/mol. The van der Waals surface area contributed by atoms with E-state index in [1.165, 1.54) is 6.07 Å². The van der Waals surface area contributed by atoms with Crippen LogP contribution in [0.25, 0.3) is 0 Å². The van der Waals surface area contributed by atoms with Gasteiger partial charge < -0.3 is 19.9 Å². The van der Waals surface area contributed by atoms with Crippen LogP contribution in [-0.2, 0) is 14.3 Å². The Labute approximate surface area is 146 Å². The summed E-state index contributed by atoms with van der Waals surface area (Å²) in [5.74, 6) is -0.516. The lowest BCUT2D eigenvalue weighted by molar-refractivity contribution is -0.145. The summed E-state index contributed by atoms with van der Waals surface area (Å²) in [6.07, 6.45) is -0.465. The third-order valence-corrected chi connectivity index (χ3v) is 4.18. The summed E-state index contributed by atoms with van der Waals surface area (Å²) in [6.45, 7) is 2.70. The Morgan fingerprint density at radius 3 is 2.88 bits per heavy atom. The Balaban J connectivity index is 0.00000208. The lowest BCUT2D eigenvalue weighted by Gasteiger charge is -2.35. The van der Waals surface area contributed by atoms with Gasteiger partial charge in [0.05, 0.1) is 26.2 Å². The number of hydrogen-bond acceptors (Lipinski definition) is 4. The zero-order valence-corrected chi connectivity index (χ0v) is 14.1. The molecule has 1 aromatic rings. The van der Waals surface area contributed by atoms with Gasteiger partial charge in [-0.05, 0) is 6.07 Å². The Morgan fingerprint density at radius 2 is 2.12 bits per heavy atom. The van der Waals surface area contributed by atoms with Crippen LogP contribution in [0.5, 0.6) is 0 Å². The number of amides is 2. The van der Waals surface area contributed by atoms with Crippen LogP contribution in [0.4, 0.5) is 4.39 Å². The molecular weight excluding hydrogens is 337 g/mol. The van der Waals surface area contributed by atoms with E-state index in [1.807, 2.05) is 0 Å². The largest absolute Gasteiger partial charge is 0.370 e. The quantitative estimate of drug-likeness (QED) is 0.859. The highest BCUT2D eigenvalue weighted by atomic mass is 35.5. The maximum atomic E-state index is 13.9. The van der Waals surface area contributed by atoms with Crippen molar-refractivity contribution in [2.75, 3.05) is 45.9 Å². The smallest absolute Gasteiger partial charge is 0.242 e. The molecule has 0 aliphatic carbocycles. The third kappa shape index (κ3) is 4.23. The van der Waals surface area contributed by atoms with Crippen molar-refractivity contribution in [2.45, 2.75) is 6.10 Å². The molecule has 2 aliphatic heterocycles. The van der Waals surface area contributed by atoms with Crippen LogP contribution in [0, 0.1) is 5.82 Å². The van der Waals surface area contributed by atoms with Crippen LogP contribution in [-0.4, -0.2) is 67.5 Å². The van der Waals surface area contributed by atoms with E-state index in [9.17, 15) is 14.0 Å². The van der Waals surface area contributed by atoms with Crippen LogP contribution in [0.2, 0.25) is 0 Å². The van der Waals surface area contributed by atoms with Gasteiger partial charge in [0, 0.05) is 25.2 Å². The van der Waals surface area contributed by atoms with Crippen molar-refractivity contribution in [3.8, 4) is 0 Å². The number of carbonyl (C=O) groups excluding carboxylic acids is 2. The molecular formula is C16H21ClFN3O3. The van der Waals surface area contributed by atoms with Gasteiger partial charge in [-0.25, -0.2) is 4.39 Å². The molecule has 3 rings (SSSR count). The van der Waals surface area contributed by atoms with E-state index in [4.69, 9.17) is 4.74 Å². The fraction of sp³-hybridized carbons (Fsp3) is 0.500. The van der Waals surface area contributed by atoms with E-state index in [0.29, 0.717) is 38.3 Å². The minimum atomic E-state index is -0.465. The molecule has 0 radical (unpaired) electrons. The van der Waals surface area contributed by atoms with Crippen molar-refractivity contribution >= 4 is 24.2 Å². The molecule has 2 amide bonds. The van der Waals surface area contributed by atoms with Crippen molar-refractivity contribution in [1.82, 2.24) is 15.1 Å². The minimum absolute atomic E-state index is 0. The van der Waals surface area contributed by atoms with Crippen molar-refractivity contribution in [3.05, 3.63) is 35.6 Å². The first kappa shape index (κ1) is 18.6. The molecule has 1 N–H and O–H groups in total. The van der Waals surface area contributed by atoms with E-state index in [-0.39, 0.29) is 43.1 Å². The first-order chi connectivity index (χ1) is 11.1. The summed E-state index contributed by atoms with van der Waals surface area (Å²) in [6, 6.07) is 6.44. The normalized spacial score (nSPS) is 21.4. The summed E-state index contributed by atoms with van der Waals surface area (Å²) < 4.78 is 19.5. The van der Waals surface area contributed by atoms with Crippen LogP contribution >= 0.6 is 12.4 Å². The van der Waals surface area contributed by atoms with E-state index in [2.05, 4.69) is 5.32 Å². The second-order valence-electron chi connectivity index (χ2n) is 5.71. The summed E-state index contributed by atoms with van der Waals surface area (Å²) in [5.41, 5.74) is 0.461. The second-order valence-corrected chi connectivity index (χ2v) is 5.71. The van der Waals surface area contributed by atoms with Crippen molar-refractivity contribution in [2.24, 2.45) is 0 Å². The van der Waals surface area contributed by atoms with Gasteiger partial charge >= 0.3 is 0 Å². The van der Waals surface area contributed by atoms with Crippen LogP contribution in [0.3, 0.4) is 0 Å². The van der Waals surface area contributed by atoms with Gasteiger partial charge in [-0.2, -0.15) is 0 Å². The number of carbonyl (C=O) groups is 2. The van der Waals surface area contributed by atoms with Gasteiger partial charge in [-0.1, -0.05) is 18.2 Å². The highest BCUT2D eigenvalue weighted by Gasteiger charge is 2.29. The number of piperazine rings is 1. The molecule has 2 saturated heterocycles. The van der Waals surface area contributed by atoms with E-state index < -0.39 is 6.10 Å². The Kier molecular flexibility index (Phi) is 6.53. The fourth-order valence-corrected chi connectivity index (χ4v) is 2.88. The van der Waals surface area contributed by atoms with Crippen molar-refractivity contribution < 1.29 is 18.7 Å². The molecule has 1 unspecified atom stereocenters. The Hall–Kier alpha value is -1.70. The number of rotatable bonds is 3. The molecule has 24 heavy (non-hydrogen) atoms. The predicted octanol–water partition coefficient (Wildman–Crippen LogP) is 0.579. The summed E-state index contributed by atoms with van der Waals surface area (Å²) in [7, 11) is 0. The standard InChI is InChI=1S/C16H20FN3O3.ClH/c17-13-4-2-1-3-12(13)14-10-20(7-8-23-14)16(22)11-19-6-5-18-9-15(19)21;/h1-4,14,18H,5-11H2;1H. The summed E-state index contributed by atoms with van der Waals surface area (Å²) in [5, 5.41) is 2.97. The third-order valence-electron chi connectivity index (χ3n) is 4.18. The van der Waals surface area contributed by atoms with E-state index >= 15 is 0 Å². The van der Waals surface area contributed by atoms with Crippen LogP contribution < -0.4 is 5.32 Å². The molecule has 2 fully saturated rings. The number of nitrogens with one attached hydrogen (secondary N) is 1. The zero-order chi connectivity index (χ0) is 16.2. The highest BCUT2D eigenvalue weighted by molar-refractivity contribution is 5.86. The Morgan fingerprint density at radius 1 is 1.33 bits per heavy atom. The molecule has 0 spiro atoms. The van der Waals surface area contributed by atoms with Crippen molar-refractivity contribution in [1.29, 1.82) is 0 Å². The first-order valence-electron chi connectivity index (χ1n) is 7.77. The number of morpholine rings is 1. The molecule has 2 aliphatic rings. The number of benzene rings is 1. The lowest BCUT2D eigenvalue weighted by atomic mass is 10.1. The second kappa shape index (κ2) is 8.41. The van der Waals surface area contributed by atoms with Gasteiger partial charge in [-0.3, -0.25) is 9.59 Å². The lowest BCUT2D eigenvalue weighted by Crippen LogP contribution is -2.53. The molecule has 1 aromatic carbocycles. The van der Waals surface area contributed by atoms with E-state index in [0.717, 1.165) is 0 Å². The number of hydrogen-bond donors (Lipinski definition) is 1. The SMILES string of the molecule is Cl.O=C1CNCCN1CC(=O)N1CCOC(c2ccccc2F)C1. The van der Waals surface area contributed by atoms with Crippen LogP contribution in [0.1, 0.15) is 11.7 Å². The molecule has 0 bridgehead atoms. The molecule has 132 valence electrons. The van der Waals surface area contributed by atoms with Gasteiger partial charge in [0.15, 0.2) is 0 Å². The van der Waals surface area contributed by atoms with Crippen molar-refractivity contribution in [3.63, 3.8) is 0 Å².